The van der Waals surface area contributed by atoms with Gasteiger partial charge in [-0.05, 0) is 25.0 Å². The van der Waals surface area contributed by atoms with Crippen LogP contribution in [-0.2, 0) is 5.41 Å². The van der Waals surface area contributed by atoms with E-state index in [1.165, 1.54) is 25.3 Å². The largest absolute Gasteiger partial charge is 0.504 e. The number of phenols is 2. The lowest BCUT2D eigenvalue weighted by atomic mass is 9.93. The van der Waals surface area contributed by atoms with Gasteiger partial charge in [-0.25, -0.2) is 4.68 Å². The predicted molar refractivity (Wildman–Crippen MR) is 106 cm³/mol. The summed E-state index contributed by atoms with van der Waals surface area (Å²) >= 11 is 1.61. The molecule has 140 valence electrons. The van der Waals surface area contributed by atoms with Crippen molar-refractivity contribution >= 4 is 17.6 Å². The number of rotatable bonds is 3. The van der Waals surface area contributed by atoms with E-state index in [0.29, 0.717) is 11.6 Å². The molecule has 0 spiro atoms. The second-order valence-corrected chi connectivity index (χ2v) is 8.68. The molecular formula is C20H27N3O2S. The van der Waals surface area contributed by atoms with Crippen LogP contribution in [0.2, 0.25) is 0 Å². The summed E-state index contributed by atoms with van der Waals surface area (Å²) in [4.78, 5) is 5.85. The van der Waals surface area contributed by atoms with E-state index < -0.39 is 0 Å². The Hall–Kier alpha value is -2.08. The quantitative estimate of drug-likeness (QED) is 0.619. The van der Waals surface area contributed by atoms with E-state index in [4.69, 9.17) is 4.99 Å². The van der Waals surface area contributed by atoms with E-state index in [1.807, 2.05) is 4.68 Å². The third-order valence-corrected chi connectivity index (χ3v) is 5.51. The van der Waals surface area contributed by atoms with Crippen LogP contribution in [0.1, 0.15) is 64.1 Å². The van der Waals surface area contributed by atoms with Gasteiger partial charge >= 0.3 is 0 Å². The Kier molecular flexibility index (Phi) is 5.51. The summed E-state index contributed by atoms with van der Waals surface area (Å²) in [7, 11) is 0. The van der Waals surface area contributed by atoms with Crippen molar-refractivity contribution < 1.29 is 10.2 Å². The number of thiazole rings is 1. The number of para-hydroxylation sites is 1. The van der Waals surface area contributed by atoms with Crippen molar-refractivity contribution in [3.8, 4) is 11.5 Å². The lowest BCUT2D eigenvalue weighted by molar-refractivity contribution is 0.403. The lowest BCUT2D eigenvalue weighted by Gasteiger charge is -2.19. The van der Waals surface area contributed by atoms with E-state index in [0.717, 1.165) is 23.3 Å². The van der Waals surface area contributed by atoms with Crippen molar-refractivity contribution in [2.24, 2.45) is 10.1 Å². The zero-order valence-electron chi connectivity index (χ0n) is 15.6. The number of hydrogen-bond donors (Lipinski definition) is 2. The zero-order chi connectivity index (χ0) is 18.7. The maximum Gasteiger partial charge on any atom is 0.206 e. The number of nitrogens with zero attached hydrogens (tertiary/aromatic N) is 3. The molecule has 0 saturated heterocycles. The van der Waals surface area contributed by atoms with E-state index in [-0.39, 0.29) is 16.9 Å². The minimum Gasteiger partial charge on any atom is -0.504 e. The summed E-state index contributed by atoms with van der Waals surface area (Å²) in [6, 6.07) is 5.23. The zero-order valence-corrected chi connectivity index (χ0v) is 16.5. The van der Waals surface area contributed by atoms with E-state index in [1.54, 1.807) is 29.7 Å². The molecule has 0 atom stereocenters. The molecular weight excluding hydrogens is 346 g/mol. The molecule has 2 aromatic rings. The van der Waals surface area contributed by atoms with Gasteiger partial charge in [-0.2, -0.15) is 5.10 Å². The van der Waals surface area contributed by atoms with Gasteiger partial charge in [0, 0.05) is 16.4 Å². The second-order valence-electron chi connectivity index (χ2n) is 7.85. The first-order valence-electron chi connectivity index (χ1n) is 9.16. The topological polar surface area (TPSA) is 70.1 Å². The smallest absolute Gasteiger partial charge is 0.206 e. The van der Waals surface area contributed by atoms with Gasteiger partial charge in [0.25, 0.3) is 0 Å². The fourth-order valence-electron chi connectivity index (χ4n) is 3.14. The van der Waals surface area contributed by atoms with Crippen molar-refractivity contribution in [2.75, 3.05) is 0 Å². The third-order valence-electron chi connectivity index (χ3n) is 4.68. The Labute approximate surface area is 158 Å². The molecule has 1 fully saturated rings. The van der Waals surface area contributed by atoms with Crippen LogP contribution in [0.15, 0.2) is 33.7 Å². The first-order valence-corrected chi connectivity index (χ1v) is 10.0. The monoisotopic (exact) mass is 373 g/mol. The number of benzene rings is 1. The van der Waals surface area contributed by atoms with Crippen LogP contribution in [0.5, 0.6) is 11.5 Å². The molecule has 3 rings (SSSR count). The minimum atomic E-state index is -0.157. The Balaban J connectivity index is 2.03. The minimum absolute atomic E-state index is 0.0744. The Morgan fingerprint density at radius 3 is 2.58 bits per heavy atom. The standard InChI is InChI=1S/C20H27N3O2S/c1-20(2,3)17-13-26-19(22-15-9-5-4-6-10-15)23(17)21-12-14-8-7-11-16(24)18(14)25/h7-8,11-13,15,24-25H,4-6,9-10H2,1-3H3. The number of aromatic nitrogens is 1. The van der Waals surface area contributed by atoms with E-state index in [2.05, 4.69) is 31.3 Å². The van der Waals surface area contributed by atoms with Gasteiger partial charge in [0.1, 0.15) is 0 Å². The predicted octanol–water partition coefficient (Wildman–Crippen LogP) is 4.37. The average Bonchev–Trinajstić information content (AvgIpc) is 3.00. The lowest BCUT2D eigenvalue weighted by Crippen LogP contribution is -2.24. The van der Waals surface area contributed by atoms with Crippen molar-refractivity contribution in [2.45, 2.75) is 64.3 Å². The van der Waals surface area contributed by atoms with Gasteiger partial charge in [0.2, 0.25) is 4.80 Å². The number of aromatic hydroxyl groups is 2. The van der Waals surface area contributed by atoms with Gasteiger partial charge < -0.3 is 10.2 Å². The van der Waals surface area contributed by atoms with Crippen molar-refractivity contribution in [3.63, 3.8) is 0 Å². The maximum absolute atomic E-state index is 10.0. The fraction of sp³-hybridized carbons (Fsp3) is 0.500. The molecule has 2 N–H and O–H groups in total. The summed E-state index contributed by atoms with van der Waals surface area (Å²) in [5.41, 5.74) is 1.48. The molecule has 1 aliphatic rings. The van der Waals surface area contributed by atoms with Gasteiger partial charge in [-0.3, -0.25) is 4.99 Å². The molecule has 0 aliphatic heterocycles. The van der Waals surface area contributed by atoms with E-state index >= 15 is 0 Å². The fourth-order valence-corrected chi connectivity index (χ4v) is 4.27. The highest BCUT2D eigenvalue weighted by Gasteiger charge is 2.21. The first kappa shape index (κ1) is 18.7. The molecule has 0 radical (unpaired) electrons. The first-order chi connectivity index (χ1) is 12.4. The maximum atomic E-state index is 10.0. The van der Waals surface area contributed by atoms with Crippen molar-refractivity contribution in [1.82, 2.24) is 4.68 Å². The molecule has 1 aromatic heterocycles. The molecule has 1 aromatic carbocycles. The van der Waals surface area contributed by atoms with Gasteiger partial charge in [0.15, 0.2) is 11.5 Å². The highest BCUT2D eigenvalue weighted by molar-refractivity contribution is 7.07. The van der Waals surface area contributed by atoms with Crippen LogP contribution in [0.25, 0.3) is 0 Å². The molecule has 1 aliphatic carbocycles. The molecule has 0 amide bonds. The van der Waals surface area contributed by atoms with E-state index in [9.17, 15) is 10.2 Å². The molecule has 1 saturated carbocycles. The van der Waals surface area contributed by atoms with Gasteiger partial charge in [-0.1, -0.05) is 46.1 Å². The summed E-state index contributed by atoms with van der Waals surface area (Å²) in [5, 5.41) is 26.4. The summed E-state index contributed by atoms with van der Waals surface area (Å²) in [5.74, 6) is -0.303. The summed E-state index contributed by atoms with van der Waals surface area (Å²) < 4.78 is 1.88. The second kappa shape index (κ2) is 7.66. The summed E-state index contributed by atoms with van der Waals surface area (Å²) in [6.45, 7) is 6.45. The molecule has 5 nitrogen and oxygen atoms in total. The molecule has 26 heavy (non-hydrogen) atoms. The van der Waals surface area contributed by atoms with Crippen molar-refractivity contribution in [1.29, 1.82) is 0 Å². The van der Waals surface area contributed by atoms with Gasteiger partial charge in [-0.15, -0.1) is 11.3 Å². The highest BCUT2D eigenvalue weighted by Crippen LogP contribution is 2.27. The Bertz CT molecular complexity index is 853. The van der Waals surface area contributed by atoms with Crippen LogP contribution >= 0.6 is 11.3 Å². The van der Waals surface area contributed by atoms with Crippen LogP contribution in [0.4, 0.5) is 0 Å². The Morgan fingerprint density at radius 1 is 1.15 bits per heavy atom. The number of phenolic OH excluding ortho intramolecular Hbond substituents is 2. The van der Waals surface area contributed by atoms with Crippen LogP contribution < -0.4 is 4.80 Å². The molecule has 0 unspecified atom stereocenters. The normalized spacial score (nSPS) is 17.3. The highest BCUT2D eigenvalue weighted by atomic mass is 32.1. The Morgan fingerprint density at radius 2 is 1.88 bits per heavy atom. The van der Waals surface area contributed by atoms with Crippen molar-refractivity contribution in [3.05, 3.63) is 39.6 Å². The SMILES string of the molecule is CC(C)(C)c1csc(=NC2CCCCC2)n1N=Cc1cccc(O)c1O. The molecule has 0 bridgehead atoms. The van der Waals surface area contributed by atoms with Crippen LogP contribution in [-0.4, -0.2) is 27.1 Å². The van der Waals surface area contributed by atoms with Crippen LogP contribution in [0, 0.1) is 0 Å². The van der Waals surface area contributed by atoms with Gasteiger partial charge in [0.05, 0.1) is 18.0 Å². The third kappa shape index (κ3) is 4.18. The summed E-state index contributed by atoms with van der Waals surface area (Å²) in [6.07, 6.45) is 7.65. The molecule has 6 heteroatoms. The molecule has 1 heterocycles. The van der Waals surface area contributed by atoms with Crippen LogP contribution in [0.3, 0.4) is 0 Å². The number of hydrogen-bond acceptors (Lipinski definition) is 5. The average molecular weight is 374 g/mol.